The first kappa shape index (κ1) is 22.6. The number of amides is 3. The van der Waals surface area contributed by atoms with Gasteiger partial charge >= 0.3 is 0 Å². The molecule has 1 aromatic carbocycles. The van der Waals surface area contributed by atoms with Crippen LogP contribution in [0.4, 0.5) is 0 Å². The zero-order valence-electron chi connectivity index (χ0n) is 19.0. The minimum atomic E-state index is -0.961. The molecular formula is C25H30N4O5. The van der Waals surface area contributed by atoms with E-state index in [1.165, 1.54) is 0 Å². The number of Topliss-reactive ketones (excluding diaryl/α,β-unsaturated/α-hetero) is 1. The van der Waals surface area contributed by atoms with Crippen molar-refractivity contribution in [1.82, 2.24) is 20.5 Å². The highest BCUT2D eigenvalue weighted by molar-refractivity contribution is 6.01. The predicted octanol–water partition coefficient (Wildman–Crippen LogP) is 0.981. The number of nitrogens with one attached hydrogen (secondary N) is 3. The van der Waals surface area contributed by atoms with Crippen LogP contribution in [0.2, 0.25) is 0 Å². The average Bonchev–Trinajstić information content (AvgIpc) is 3.61. The Labute approximate surface area is 197 Å². The number of hydrogen-bond acceptors (Lipinski definition) is 5. The van der Waals surface area contributed by atoms with Gasteiger partial charge in [0.25, 0.3) is 5.91 Å². The zero-order valence-corrected chi connectivity index (χ0v) is 19.0. The smallest absolute Gasteiger partial charge is 0.271 e. The quantitative estimate of drug-likeness (QED) is 0.483. The number of likely N-dealkylation sites (tertiary alicyclic amines) is 1. The van der Waals surface area contributed by atoms with Crippen molar-refractivity contribution in [3.05, 3.63) is 36.0 Å². The third kappa shape index (κ3) is 4.09. The standard InChI is InChI=1S/C25H30N4O5/c30-13-21(31)19(11-15-8-9-26-23(15)32)28-24(33)22-17-6-3-5-16(17)12-29(22)25(34)20-10-14-4-1-2-7-18(14)27-20/h1-2,4,7,10,15-17,19,22,27,30H,3,5-6,8-9,11-13H2,(H,26,32)(H,28,33)/t15-,16-,17-,19+,22-/m1/s1. The summed E-state index contributed by atoms with van der Waals surface area (Å²) < 4.78 is 0. The SMILES string of the molecule is O=C1NCC[C@@H]1C[C@H](NC(=O)[C@H]1[C@@H]2CCC[C@@H]2CN1C(=O)c1cc2ccccc2[nH]1)C(=O)CO. The maximum Gasteiger partial charge on any atom is 0.271 e. The normalized spacial score (nSPS) is 27.0. The molecule has 0 spiro atoms. The molecule has 1 aliphatic carbocycles. The Morgan fingerprint density at radius 2 is 2.00 bits per heavy atom. The molecule has 3 aliphatic rings. The molecule has 5 atom stereocenters. The summed E-state index contributed by atoms with van der Waals surface area (Å²) in [5.74, 6) is -1.38. The molecule has 2 aliphatic heterocycles. The first-order valence-electron chi connectivity index (χ1n) is 12.1. The van der Waals surface area contributed by atoms with Crippen molar-refractivity contribution in [3.63, 3.8) is 0 Å². The van der Waals surface area contributed by atoms with Crippen molar-refractivity contribution >= 4 is 34.4 Å². The number of para-hydroxylation sites is 1. The highest BCUT2D eigenvalue weighted by atomic mass is 16.3. The number of ketones is 1. The number of aliphatic hydroxyl groups excluding tert-OH is 1. The Morgan fingerprint density at radius 1 is 1.18 bits per heavy atom. The molecule has 3 heterocycles. The van der Waals surface area contributed by atoms with Gasteiger partial charge in [-0.2, -0.15) is 0 Å². The molecule has 180 valence electrons. The summed E-state index contributed by atoms with van der Waals surface area (Å²) in [7, 11) is 0. The van der Waals surface area contributed by atoms with E-state index in [9.17, 15) is 24.3 Å². The lowest BCUT2D eigenvalue weighted by Crippen LogP contribution is -2.53. The van der Waals surface area contributed by atoms with Crippen LogP contribution in [0.25, 0.3) is 10.9 Å². The van der Waals surface area contributed by atoms with Crippen molar-refractivity contribution in [2.45, 2.75) is 44.2 Å². The molecule has 3 fully saturated rings. The van der Waals surface area contributed by atoms with Crippen molar-refractivity contribution in [2.75, 3.05) is 19.7 Å². The van der Waals surface area contributed by atoms with E-state index in [2.05, 4.69) is 15.6 Å². The van der Waals surface area contributed by atoms with E-state index in [1.807, 2.05) is 24.3 Å². The predicted molar refractivity (Wildman–Crippen MR) is 124 cm³/mol. The number of carbonyl (C=O) groups excluding carboxylic acids is 4. The van der Waals surface area contributed by atoms with Crippen molar-refractivity contribution in [3.8, 4) is 0 Å². The van der Waals surface area contributed by atoms with E-state index in [0.717, 1.165) is 30.2 Å². The van der Waals surface area contributed by atoms with Gasteiger partial charge in [0.05, 0.1) is 6.04 Å². The van der Waals surface area contributed by atoms with E-state index < -0.39 is 24.5 Å². The van der Waals surface area contributed by atoms with Gasteiger partial charge in [0.15, 0.2) is 5.78 Å². The third-order valence-corrected chi connectivity index (χ3v) is 7.72. The van der Waals surface area contributed by atoms with Gasteiger partial charge in [-0.15, -0.1) is 0 Å². The lowest BCUT2D eigenvalue weighted by Gasteiger charge is -2.29. The van der Waals surface area contributed by atoms with Gasteiger partial charge in [0.2, 0.25) is 11.8 Å². The second-order valence-corrected chi connectivity index (χ2v) is 9.73. The topological polar surface area (TPSA) is 132 Å². The summed E-state index contributed by atoms with van der Waals surface area (Å²) in [6.07, 6.45) is 3.56. The van der Waals surface area contributed by atoms with Gasteiger partial charge in [0, 0.05) is 29.9 Å². The number of nitrogens with zero attached hydrogens (tertiary/aromatic N) is 1. The van der Waals surface area contributed by atoms with Gasteiger partial charge in [-0.25, -0.2) is 0 Å². The first-order chi connectivity index (χ1) is 16.5. The molecule has 9 heteroatoms. The summed E-state index contributed by atoms with van der Waals surface area (Å²) >= 11 is 0. The second-order valence-electron chi connectivity index (χ2n) is 9.73. The Hall–Kier alpha value is -3.20. The van der Waals surface area contributed by atoms with Crippen molar-refractivity contribution in [1.29, 1.82) is 0 Å². The molecule has 1 saturated carbocycles. The summed E-state index contributed by atoms with van der Waals surface area (Å²) in [5.41, 5.74) is 1.29. The van der Waals surface area contributed by atoms with Gasteiger partial charge in [0.1, 0.15) is 18.3 Å². The fourth-order valence-corrected chi connectivity index (χ4v) is 5.99. The number of H-pyrrole nitrogens is 1. The number of benzene rings is 1. The fraction of sp³-hybridized carbons (Fsp3) is 0.520. The number of aliphatic hydroxyl groups is 1. The maximum absolute atomic E-state index is 13.5. The minimum Gasteiger partial charge on any atom is -0.389 e. The van der Waals surface area contributed by atoms with Crippen LogP contribution in [0.1, 0.15) is 42.6 Å². The minimum absolute atomic E-state index is 0.0352. The average molecular weight is 467 g/mol. The van der Waals surface area contributed by atoms with Crippen LogP contribution in [0, 0.1) is 17.8 Å². The van der Waals surface area contributed by atoms with E-state index in [4.69, 9.17) is 0 Å². The summed E-state index contributed by atoms with van der Waals surface area (Å²) in [4.78, 5) is 56.3. The molecule has 0 unspecified atom stereocenters. The van der Waals surface area contributed by atoms with Gasteiger partial charge in [-0.1, -0.05) is 24.6 Å². The monoisotopic (exact) mass is 466 g/mol. The second kappa shape index (κ2) is 9.21. The molecule has 2 aromatic rings. The lowest BCUT2D eigenvalue weighted by atomic mass is 9.92. The van der Waals surface area contributed by atoms with Gasteiger partial charge < -0.3 is 25.6 Å². The molecule has 5 rings (SSSR count). The fourth-order valence-electron chi connectivity index (χ4n) is 5.99. The number of aromatic nitrogens is 1. The number of hydrogen-bond donors (Lipinski definition) is 4. The van der Waals surface area contributed by atoms with Crippen LogP contribution in [-0.4, -0.2) is 70.3 Å². The number of fused-ring (bicyclic) bond motifs is 2. The van der Waals surface area contributed by atoms with E-state index >= 15 is 0 Å². The molecule has 0 bridgehead atoms. The summed E-state index contributed by atoms with van der Waals surface area (Å²) in [6.45, 7) is 0.324. The zero-order chi connectivity index (χ0) is 23.8. The molecule has 1 aromatic heterocycles. The van der Waals surface area contributed by atoms with Crippen LogP contribution >= 0.6 is 0 Å². The van der Waals surface area contributed by atoms with Gasteiger partial charge in [-0.3, -0.25) is 19.2 Å². The lowest BCUT2D eigenvalue weighted by molar-refractivity contribution is -0.133. The van der Waals surface area contributed by atoms with Crippen molar-refractivity contribution in [2.24, 2.45) is 17.8 Å². The van der Waals surface area contributed by atoms with E-state index in [0.29, 0.717) is 25.2 Å². The number of aromatic amines is 1. The van der Waals surface area contributed by atoms with Crippen molar-refractivity contribution < 1.29 is 24.3 Å². The molecule has 34 heavy (non-hydrogen) atoms. The Bertz CT molecular complexity index is 1090. The van der Waals surface area contributed by atoms with Crippen LogP contribution in [-0.2, 0) is 14.4 Å². The first-order valence-corrected chi connectivity index (χ1v) is 12.1. The largest absolute Gasteiger partial charge is 0.389 e. The van der Waals surface area contributed by atoms with Crippen LogP contribution in [0.3, 0.4) is 0 Å². The molecule has 2 saturated heterocycles. The van der Waals surface area contributed by atoms with E-state index in [-0.39, 0.29) is 41.9 Å². The number of rotatable bonds is 7. The third-order valence-electron chi connectivity index (χ3n) is 7.72. The molecule has 3 amide bonds. The van der Waals surface area contributed by atoms with Crippen LogP contribution in [0.5, 0.6) is 0 Å². The molecule has 9 nitrogen and oxygen atoms in total. The summed E-state index contributed by atoms with van der Waals surface area (Å²) in [6, 6.07) is 7.79. The molecule has 0 radical (unpaired) electrons. The Balaban J connectivity index is 1.38. The molecular weight excluding hydrogens is 436 g/mol. The maximum atomic E-state index is 13.5. The highest BCUT2D eigenvalue weighted by Crippen LogP contribution is 2.43. The Morgan fingerprint density at radius 3 is 2.74 bits per heavy atom. The van der Waals surface area contributed by atoms with Crippen LogP contribution in [0.15, 0.2) is 30.3 Å². The Kier molecular flexibility index (Phi) is 6.12. The number of carbonyl (C=O) groups is 4. The van der Waals surface area contributed by atoms with E-state index in [1.54, 1.807) is 11.0 Å². The van der Waals surface area contributed by atoms with Crippen LogP contribution < -0.4 is 10.6 Å². The molecule has 4 N–H and O–H groups in total. The van der Waals surface area contributed by atoms with Gasteiger partial charge in [-0.05, 0) is 49.7 Å². The highest BCUT2D eigenvalue weighted by Gasteiger charge is 2.50. The summed E-state index contributed by atoms with van der Waals surface area (Å²) in [5, 5.41) is 15.9.